The molecule has 4 heteroatoms. The Kier molecular flexibility index (Phi) is 4.04. The van der Waals surface area contributed by atoms with Crippen LogP contribution in [0.25, 0.3) is 0 Å². The van der Waals surface area contributed by atoms with Gasteiger partial charge < -0.3 is 10.1 Å². The van der Waals surface area contributed by atoms with Gasteiger partial charge in [0.15, 0.2) is 0 Å². The van der Waals surface area contributed by atoms with Crippen molar-refractivity contribution < 1.29 is 9.53 Å². The van der Waals surface area contributed by atoms with Gasteiger partial charge in [0.1, 0.15) is 0 Å². The van der Waals surface area contributed by atoms with Crippen LogP contribution in [0.4, 0.5) is 0 Å². The van der Waals surface area contributed by atoms with Crippen LogP contribution in [0.2, 0.25) is 0 Å². The van der Waals surface area contributed by atoms with E-state index in [0.717, 1.165) is 45.2 Å². The molecule has 1 aliphatic heterocycles. The Balaban J connectivity index is 1.49. The maximum Gasteiger partial charge on any atom is 0.223 e. The molecule has 4 nitrogen and oxygen atoms in total. The number of rotatable bonds is 4. The third-order valence-corrected chi connectivity index (χ3v) is 5.64. The summed E-state index contributed by atoms with van der Waals surface area (Å²) < 4.78 is 5.41. The van der Waals surface area contributed by atoms with Gasteiger partial charge in [0.25, 0.3) is 0 Å². The summed E-state index contributed by atoms with van der Waals surface area (Å²) in [6.45, 7) is 8.75. The first-order valence-electron chi connectivity index (χ1n) is 8.17. The van der Waals surface area contributed by atoms with E-state index in [4.69, 9.17) is 4.74 Å². The summed E-state index contributed by atoms with van der Waals surface area (Å²) in [4.78, 5) is 14.8. The lowest BCUT2D eigenvalue weighted by molar-refractivity contribution is -0.127. The molecule has 0 radical (unpaired) electrons. The van der Waals surface area contributed by atoms with Crippen molar-refractivity contribution in [3.05, 3.63) is 0 Å². The SMILES string of the molecule is CC(C)(CNC(=O)C1CC2CCC1C2)N1CCOCC1. The average Bonchev–Trinajstić information content (AvgIpc) is 3.08. The highest BCUT2D eigenvalue weighted by atomic mass is 16.5. The van der Waals surface area contributed by atoms with Crippen LogP contribution in [0.3, 0.4) is 0 Å². The second kappa shape index (κ2) is 5.64. The van der Waals surface area contributed by atoms with Gasteiger partial charge >= 0.3 is 0 Å². The zero-order valence-electron chi connectivity index (χ0n) is 12.9. The Morgan fingerprint density at radius 3 is 2.60 bits per heavy atom. The average molecular weight is 280 g/mol. The number of morpholine rings is 1. The number of hydrogen-bond acceptors (Lipinski definition) is 3. The van der Waals surface area contributed by atoms with E-state index in [0.29, 0.717) is 17.7 Å². The minimum atomic E-state index is 0.0249. The van der Waals surface area contributed by atoms with Crippen molar-refractivity contribution >= 4 is 5.91 Å². The highest BCUT2D eigenvalue weighted by Crippen LogP contribution is 2.48. The van der Waals surface area contributed by atoms with Crippen LogP contribution in [0.1, 0.15) is 39.5 Å². The number of carbonyl (C=O) groups is 1. The second-order valence-electron chi connectivity index (χ2n) is 7.41. The first-order chi connectivity index (χ1) is 9.56. The number of nitrogens with zero attached hydrogens (tertiary/aromatic N) is 1. The normalized spacial score (nSPS) is 34.4. The summed E-state index contributed by atoms with van der Waals surface area (Å²) in [5.41, 5.74) is 0.0249. The molecule has 3 rings (SSSR count). The fourth-order valence-corrected chi connectivity index (χ4v) is 4.28. The minimum absolute atomic E-state index is 0.0249. The molecular weight excluding hydrogens is 252 g/mol. The Morgan fingerprint density at radius 2 is 2.00 bits per heavy atom. The van der Waals surface area contributed by atoms with E-state index >= 15 is 0 Å². The van der Waals surface area contributed by atoms with Gasteiger partial charge in [-0.05, 0) is 44.9 Å². The van der Waals surface area contributed by atoms with E-state index < -0.39 is 0 Å². The smallest absolute Gasteiger partial charge is 0.223 e. The second-order valence-corrected chi connectivity index (χ2v) is 7.41. The zero-order chi connectivity index (χ0) is 14.2. The number of carbonyl (C=O) groups excluding carboxylic acids is 1. The zero-order valence-corrected chi connectivity index (χ0v) is 12.9. The Morgan fingerprint density at radius 1 is 1.25 bits per heavy atom. The molecule has 1 saturated heterocycles. The molecule has 114 valence electrons. The highest BCUT2D eigenvalue weighted by Gasteiger charge is 2.43. The topological polar surface area (TPSA) is 41.6 Å². The molecule has 3 atom stereocenters. The predicted molar refractivity (Wildman–Crippen MR) is 78.4 cm³/mol. The van der Waals surface area contributed by atoms with Crippen molar-refractivity contribution in [1.82, 2.24) is 10.2 Å². The quantitative estimate of drug-likeness (QED) is 0.851. The maximum atomic E-state index is 12.4. The Bertz CT molecular complexity index is 363. The van der Waals surface area contributed by atoms with Gasteiger partial charge in [0, 0.05) is 31.1 Å². The van der Waals surface area contributed by atoms with Crippen molar-refractivity contribution in [3.8, 4) is 0 Å². The van der Waals surface area contributed by atoms with E-state index in [2.05, 4.69) is 24.1 Å². The Labute approximate surface area is 122 Å². The number of hydrogen-bond donors (Lipinski definition) is 1. The molecule has 0 aromatic carbocycles. The van der Waals surface area contributed by atoms with Crippen LogP contribution in [0, 0.1) is 17.8 Å². The maximum absolute atomic E-state index is 12.4. The number of ether oxygens (including phenoxy) is 1. The van der Waals surface area contributed by atoms with Crippen LogP contribution in [0.5, 0.6) is 0 Å². The lowest BCUT2D eigenvalue weighted by Crippen LogP contribution is -2.56. The summed E-state index contributed by atoms with van der Waals surface area (Å²) in [6, 6.07) is 0. The number of fused-ring (bicyclic) bond motifs is 2. The van der Waals surface area contributed by atoms with E-state index in [-0.39, 0.29) is 5.54 Å². The molecule has 3 aliphatic rings. The third-order valence-electron chi connectivity index (χ3n) is 5.64. The summed E-state index contributed by atoms with van der Waals surface area (Å²) in [5, 5.41) is 3.23. The molecule has 0 aromatic rings. The molecule has 0 aromatic heterocycles. The molecule has 1 heterocycles. The molecule has 3 unspecified atom stereocenters. The van der Waals surface area contributed by atoms with Gasteiger partial charge in [-0.1, -0.05) is 6.42 Å². The number of amides is 1. The molecule has 0 spiro atoms. The van der Waals surface area contributed by atoms with Gasteiger partial charge in [0.2, 0.25) is 5.91 Å². The number of nitrogens with one attached hydrogen (secondary N) is 1. The van der Waals surface area contributed by atoms with Gasteiger partial charge in [-0.2, -0.15) is 0 Å². The lowest BCUT2D eigenvalue weighted by atomic mass is 9.88. The van der Waals surface area contributed by atoms with E-state index in [1.807, 2.05) is 0 Å². The van der Waals surface area contributed by atoms with Gasteiger partial charge in [-0.15, -0.1) is 0 Å². The highest BCUT2D eigenvalue weighted by molar-refractivity contribution is 5.79. The van der Waals surface area contributed by atoms with Crippen LogP contribution in [-0.4, -0.2) is 49.2 Å². The minimum Gasteiger partial charge on any atom is -0.379 e. The van der Waals surface area contributed by atoms with E-state index in [1.165, 1.54) is 19.3 Å². The summed E-state index contributed by atoms with van der Waals surface area (Å²) in [6.07, 6.45) is 5.06. The Hall–Kier alpha value is -0.610. The fraction of sp³-hybridized carbons (Fsp3) is 0.938. The lowest BCUT2D eigenvalue weighted by Gasteiger charge is -2.41. The molecular formula is C16H28N2O2. The van der Waals surface area contributed by atoms with E-state index in [9.17, 15) is 4.79 Å². The largest absolute Gasteiger partial charge is 0.379 e. The molecule has 2 bridgehead atoms. The monoisotopic (exact) mass is 280 g/mol. The summed E-state index contributed by atoms with van der Waals surface area (Å²) >= 11 is 0. The van der Waals surface area contributed by atoms with Gasteiger partial charge in [0.05, 0.1) is 13.2 Å². The van der Waals surface area contributed by atoms with Gasteiger partial charge in [-0.3, -0.25) is 9.69 Å². The first-order valence-corrected chi connectivity index (χ1v) is 8.17. The fourth-order valence-electron chi connectivity index (χ4n) is 4.28. The molecule has 2 saturated carbocycles. The van der Waals surface area contributed by atoms with Crippen molar-refractivity contribution in [1.29, 1.82) is 0 Å². The van der Waals surface area contributed by atoms with E-state index in [1.54, 1.807) is 0 Å². The summed E-state index contributed by atoms with van der Waals surface area (Å²) in [5.74, 6) is 2.11. The first kappa shape index (κ1) is 14.3. The van der Waals surface area contributed by atoms with Crippen LogP contribution in [0.15, 0.2) is 0 Å². The van der Waals surface area contributed by atoms with Crippen LogP contribution < -0.4 is 5.32 Å². The summed E-state index contributed by atoms with van der Waals surface area (Å²) in [7, 11) is 0. The van der Waals surface area contributed by atoms with Crippen molar-refractivity contribution in [2.45, 2.75) is 45.1 Å². The molecule has 20 heavy (non-hydrogen) atoms. The van der Waals surface area contributed by atoms with Gasteiger partial charge in [-0.25, -0.2) is 0 Å². The standard InChI is InChI=1S/C16H28N2O2/c1-16(2,18-5-7-20-8-6-18)11-17-15(19)14-10-12-3-4-13(14)9-12/h12-14H,3-11H2,1-2H3,(H,17,19). The van der Waals surface area contributed by atoms with Crippen molar-refractivity contribution in [2.24, 2.45) is 17.8 Å². The molecule has 1 amide bonds. The molecule has 3 fully saturated rings. The van der Waals surface area contributed by atoms with Crippen molar-refractivity contribution in [3.63, 3.8) is 0 Å². The predicted octanol–water partition coefficient (Wildman–Crippen LogP) is 1.65. The molecule has 1 N–H and O–H groups in total. The van der Waals surface area contributed by atoms with Crippen LogP contribution >= 0.6 is 0 Å². The van der Waals surface area contributed by atoms with Crippen LogP contribution in [-0.2, 0) is 9.53 Å². The molecule has 2 aliphatic carbocycles. The third kappa shape index (κ3) is 2.86. The van der Waals surface area contributed by atoms with Crippen molar-refractivity contribution in [2.75, 3.05) is 32.8 Å².